The Kier molecular flexibility index (Phi) is 5.15. The van der Waals surface area contributed by atoms with Gasteiger partial charge in [-0.15, -0.1) is 11.3 Å². The van der Waals surface area contributed by atoms with Crippen LogP contribution in [0.15, 0.2) is 40.5 Å². The molecule has 1 unspecified atom stereocenters. The van der Waals surface area contributed by atoms with Crippen molar-refractivity contribution in [1.82, 2.24) is 25.3 Å². The second-order valence-electron chi connectivity index (χ2n) is 6.59. The largest absolute Gasteiger partial charge is 0.359 e. The van der Waals surface area contributed by atoms with Crippen LogP contribution >= 0.6 is 11.3 Å². The van der Waals surface area contributed by atoms with E-state index >= 15 is 0 Å². The lowest BCUT2D eigenvalue weighted by molar-refractivity contribution is 0.182. The highest BCUT2D eigenvalue weighted by atomic mass is 32.1. The number of carbonyl (C=O) groups is 1. The van der Waals surface area contributed by atoms with Crippen molar-refractivity contribution in [3.05, 3.63) is 53.1 Å². The average molecular weight is 383 g/mol. The minimum Gasteiger partial charge on any atom is -0.359 e. The zero-order chi connectivity index (χ0) is 18.6. The summed E-state index contributed by atoms with van der Waals surface area (Å²) >= 11 is 1.59. The zero-order valence-corrected chi connectivity index (χ0v) is 15.9. The van der Waals surface area contributed by atoms with Crippen LogP contribution in [-0.2, 0) is 6.42 Å². The Hall–Kier alpha value is -2.74. The number of aryl methyl sites for hydroxylation is 1. The fourth-order valence-electron chi connectivity index (χ4n) is 3.29. The number of pyridine rings is 1. The standard InChI is InChI=1S/C19H21N5O2S/c1-13-10-17(26-23-13)16-5-3-9-24(16)19(25)21-8-6-15-12-27-18(22-15)14-4-2-7-20-11-14/h2,4,7,10-12,16H,3,5-6,8-9H2,1H3,(H,21,25). The van der Waals surface area contributed by atoms with Gasteiger partial charge >= 0.3 is 6.03 Å². The van der Waals surface area contributed by atoms with Crippen LogP contribution < -0.4 is 5.32 Å². The monoisotopic (exact) mass is 383 g/mol. The Bertz CT molecular complexity index is 908. The van der Waals surface area contributed by atoms with Gasteiger partial charge in [-0.05, 0) is 31.9 Å². The molecule has 1 saturated heterocycles. The lowest BCUT2D eigenvalue weighted by Crippen LogP contribution is -2.40. The molecule has 2 amide bonds. The van der Waals surface area contributed by atoms with Crippen molar-refractivity contribution in [1.29, 1.82) is 0 Å². The predicted octanol–water partition coefficient (Wildman–Crippen LogP) is 3.59. The van der Waals surface area contributed by atoms with Crippen molar-refractivity contribution in [3.8, 4) is 10.6 Å². The molecule has 0 bridgehead atoms. The number of carbonyl (C=O) groups excluding carboxylic acids is 1. The summed E-state index contributed by atoms with van der Waals surface area (Å²) in [4.78, 5) is 23.2. The van der Waals surface area contributed by atoms with E-state index in [4.69, 9.17) is 4.52 Å². The maximum atomic E-state index is 12.6. The van der Waals surface area contributed by atoms with Crippen molar-refractivity contribution in [3.63, 3.8) is 0 Å². The van der Waals surface area contributed by atoms with Gasteiger partial charge in [-0.2, -0.15) is 0 Å². The summed E-state index contributed by atoms with van der Waals surface area (Å²) in [6.45, 7) is 3.17. The smallest absolute Gasteiger partial charge is 0.318 e. The van der Waals surface area contributed by atoms with E-state index in [1.165, 1.54) is 0 Å². The number of aromatic nitrogens is 3. The van der Waals surface area contributed by atoms with Crippen LogP contribution in [0, 0.1) is 6.92 Å². The van der Waals surface area contributed by atoms with Crippen LogP contribution in [0.2, 0.25) is 0 Å². The summed E-state index contributed by atoms with van der Waals surface area (Å²) in [6.07, 6.45) is 6.13. The highest BCUT2D eigenvalue weighted by Crippen LogP contribution is 2.32. The molecule has 1 N–H and O–H groups in total. The van der Waals surface area contributed by atoms with Gasteiger partial charge in [0.25, 0.3) is 0 Å². The fraction of sp³-hybridized carbons (Fsp3) is 0.368. The highest BCUT2D eigenvalue weighted by molar-refractivity contribution is 7.13. The lowest BCUT2D eigenvalue weighted by Gasteiger charge is -2.22. The molecule has 3 aromatic heterocycles. The van der Waals surface area contributed by atoms with Gasteiger partial charge in [0.1, 0.15) is 5.01 Å². The van der Waals surface area contributed by atoms with Crippen LogP contribution in [-0.4, -0.2) is 39.1 Å². The van der Waals surface area contributed by atoms with Gasteiger partial charge in [0.05, 0.1) is 17.4 Å². The SMILES string of the molecule is Cc1cc(C2CCCN2C(=O)NCCc2csc(-c3cccnc3)n2)on1. The van der Waals surface area contributed by atoms with E-state index in [2.05, 4.69) is 20.4 Å². The van der Waals surface area contributed by atoms with Gasteiger partial charge in [-0.1, -0.05) is 5.16 Å². The van der Waals surface area contributed by atoms with E-state index in [0.717, 1.165) is 47.1 Å². The molecule has 140 valence electrons. The van der Waals surface area contributed by atoms with E-state index in [1.54, 1.807) is 17.5 Å². The summed E-state index contributed by atoms with van der Waals surface area (Å²) in [5, 5.41) is 9.93. The Morgan fingerprint density at radius 2 is 2.41 bits per heavy atom. The number of likely N-dealkylation sites (tertiary alicyclic amines) is 1. The first-order valence-electron chi connectivity index (χ1n) is 9.03. The Balaban J connectivity index is 1.31. The van der Waals surface area contributed by atoms with E-state index in [-0.39, 0.29) is 12.1 Å². The first-order valence-corrected chi connectivity index (χ1v) is 9.91. The number of rotatable bonds is 5. The zero-order valence-electron chi connectivity index (χ0n) is 15.1. The molecule has 27 heavy (non-hydrogen) atoms. The predicted molar refractivity (Wildman–Crippen MR) is 102 cm³/mol. The Morgan fingerprint density at radius 1 is 1.48 bits per heavy atom. The number of urea groups is 1. The van der Waals surface area contributed by atoms with Gasteiger partial charge in [0, 0.05) is 48.9 Å². The van der Waals surface area contributed by atoms with Crippen molar-refractivity contribution >= 4 is 17.4 Å². The van der Waals surface area contributed by atoms with E-state index in [0.29, 0.717) is 13.0 Å². The molecule has 1 fully saturated rings. The highest BCUT2D eigenvalue weighted by Gasteiger charge is 2.32. The second-order valence-corrected chi connectivity index (χ2v) is 7.45. The quantitative estimate of drug-likeness (QED) is 0.728. The fourth-order valence-corrected chi connectivity index (χ4v) is 4.13. The summed E-state index contributed by atoms with van der Waals surface area (Å²) < 4.78 is 5.36. The van der Waals surface area contributed by atoms with E-state index in [9.17, 15) is 4.79 Å². The van der Waals surface area contributed by atoms with Crippen molar-refractivity contribution in [2.45, 2.75) is 32.2 Å². The third-order valence-electron chi connectivity index (χ3n) is 4.61. The summed E-state index contributed by atoms with van der Waals surface area (Å²) in [6, 6.07) is 5.72. The second kappa shape index (κ2) is 7.87. The molecule has 0 aromatic carbocycles. The minimum absolute atomic E-state index is 0.0253. The molecule has 0 radical (unpaired) electrons. The molecule has 7 nitrogen and oxygen atoms in total. The summed E-state index contributed by atoms with van der Waals surface area (Å²) in [5.74, 6) is 0.765. The van der Waals surface area contributed by atoms with Gasteiger partial charge < -0.3 is 14.7 Å². The number of nitrogens with zero attached hydrogens (tertiary/aromatic N) is 4. The molecule has 1 atom stereocenters. The first-order chi connectivity index (χ1) is 13.2. The molecule has 0 aliphatic carbocycles. The third kappa shape index (κ3) is 4.00. The molecule has 4 heterocycles. The molecular weight excluding hydrogens is 362 g/mol. The number of hydrogen-bond donors (Lipinski definition) is 1. The van der Waals surface area contributed by atoms with Crippen LogP contribution in [0.4, 0.5) is 4.79 Å². The Labute approximate surface area is 161 Å². The topological polar surface area (TPSA) is 84.2 Å². The number of hydrogen-bond acceptors (Lipinski definition) is 6. The Morgan fingerprint density at radius 3 is 3.19 bits per heavy atom. The number of thiazole rings is 1. The molecule has 1 aliphatic heterocycles. The van der Waals surface area contributed by atoms with Crippen molar-refractivity contribution in [2.24, 2.45) is 0 Å². The molecule has 1 aliphatic rings. The lowest BCUT2D eigenvalue weighted by atomic mass is 10.1. The van der Waals surface area contributed by atoms with Gasteiger partial charge in [-0.3, -0.25) is 4.98 Å². The van der Waals surface area contributed by atoms with Crippen molar-refractivity contribution in [2.75, 3.05) is 13.1 Å². The van der Waals surface area contributed by atoms with Gasteiger partial charge in [-0.25, -0.2) is 9.78 Å². The summed E-state index contributed by atoms with van der Waals surface area (Å²) in [7, 11) is 0. The first kappa shape index (κ1) is 17.7. The van der Waals surface area contributed by atoms with E-state index < -0.39 is 0 Å². The van der Waals surface area contributed by atoms with Crippen LogP contribution in [0.3, 0.4) is 0 Å². The molecule has 4 rings (SSSR count). The maximum absolute atomic E-state index is 12.6. The number of nitrogens with one attached hydrogen (secondary N) is 1. The van der Waals surface area contributed by atoms with E-state index in [1.807, 2.05) is 41.6 Å². The van der Waals surface area contributed by atoms with Crippen LogP contribution in [0.5, 0.6) is 0 Å². The van der Waals surface area contributed by atoms with Crippen LogP contribution in [0.25, 0.3) is 10.6 Å². The maximum Gasteiger partial charge on any atom is 0.318 e. The van der Waals surface area contributed by atoms with Crippen molar-refractivity contribution < 1.29 is 9.32 Å². The normalized spacial score (nSPS) is 16.6. The molecule has 3 aromatic rings. The molecule has 8 heteroatoms. The average Bonchev–Trinajstić information content (AvgIpc) is 3.42. The van der Waals surface area contributed by atoms with Gasteiger partial charge in [0.2, 0.25) is 0 Å². The molecule has 0 saturated carbocycles. The molecular formula is C19H21N5O2S. The van der Waals surface area contributed by atoms with Crippen LogP contribution in [0.1, 0.15) is 36.0 Å². The summed E-state index contributed by atoms with van der Waals surface area (Å²) in [5.41, 5.74) is 2.83. The molecule has 0 spiro atoms. The number of amides is 2. The third-order valence-corrected chi connectivity index (χ3v) is 5.55. The van der Waals surface area contributed by atoms with Gasteiger partial charge in [0.15, 0.2) is 5.76 Å². The minimum atomic E-state index is -0.0609.